The molecule has 6 rings (SSSR count). The standard InChI is InChI=1S/C27H31FN8O2/c1-34-15-21-13-20(34)16-36(21)24-4-3-19(12-22(24)28)31-27-29-7-6-23(32-27)18-2-5-25(30-14-18)33-26(37)17-35-8-10-38-11-9-35/h2-7,12,14,20-21H,8-11,13,15-17H2,1H3,(H,29,31,32)(H,30,33,37)/t20-,21-/m0/s1. The molecule has 0 radical (unpaired) electrons. The highest BCUT2D eigenvalue weighted by Crippen LogP contribution is 2.35. The molecule has 3 aromatic rings. The SMILES string of the molecule is CN1C[C@@H]2C[C@H]1CN2c1ccc(Nc2nccc(-c3ccc(NC(=O)CN4CCOCC4)nc3)n2)cc1F. The molecule has 3 aliphatic heterocycles. The van der Waals surface area contributed by atoms with Gasteiger partial charge < -0.3 is 20.3 Å². The van der Waals surface area contributed by atoms with Gasteiger partial charge in [-0.25, -0.2) is 19.3 Å². The van der Waals surface area contributed by atoms with Crippen LogP contribution in [-0.2, 0) is 9.53 Å². The molecular weight excluding hydrogens is 487 g/mol. The van der Waals surface area contributed by atoms with E-state index in [4.69, 9.17) is 4.74 Å². The molecular formula is C27H31FN8O2. The van der Waals surface area contributed by atoms with Crippen molar-refractivity contribution >= 4 is 29.0 Å². The number of nitrogens with zero attached hydrogens (tertiary/aromatic N) is 6. The molecule has 0 saturated carbocycles. The zero-order valence-electron chi connectivity index (χ0n) is 21.3. The Bertz CT molecular complexity index is 1300. The number of nitrogens with one attached hydrogen (secondary N) is 2. The van der Waals surface area contributed by atoms with Gasteiger partial charge in [0.15, 0.2) is 0 Å². The summed E-state index contributed by atoms with van der Waals surface area (Å²) in [6, 6.07) is 11.4. The molecule has 3 aliphatic rings. The summed E-state index contributed by atoms with van der Waals surface area (Å²) in [5.74, 6) is 0.479. The summed E-state index contributed by atoms with van der Waals surface area (Å²) >= 11 is 0. The van der Waals surface area contributed by atoms with Crippen molar-refractivity contribution in [3.63, 3.8) is 0 Å². The first-order valence-electron chi connectivity index (χ1n) is 12.9. The van der Waals surface area contributed by atoms with Crippen LogP contribution in [0, 0.1) is 5.82 Å². The van der Waals surface area contributed by atoms with Gasteiger partial charge in [0.05, 0.1) is 31.1 Å². The number of carbonyl (C=O) groups excluding carboxylic acids is 1. The average Bonchev–Trinajstić information content (AvgIpc) is 3.50. The fourth-order valence-electron chi connectivity index (χ4n) is 5.45. The van der Waals surface area contributed by atoms with Gasteiger partial charge in [-0.1, -0.05) is 0 Å². The lowest BCUT2D eigenvalue weighted by atomic mass is 10.2. The van der Waals surface area contributed by atoms with Crippen molar-refractivity contribution in [2.75, 3.05) is 68.5 Å². The molecule has 2 bridgehead atoms. The van der Waals surface area contributed by atoms with Crippen LogP contribution in [0.25, 0.3) is 11.3 Å². The van der Waals surface area contributed by atoms with Crippen LogP contribution in [-0.4, -0.2) is 95.7 Å². The highest BCUT2D eigenvalue weighted by molar-refractivity contribution is 5.91. The van der Waals surface area contributed by atoms with Crippen molar-refractivity contribution in [1.29, 1.82) is 0 Å². The quantitative estimate of drug-likeness (QED) is 0.489. The lowest BCUT2D eigenvalue weighted by molar-refractivity contribution is -0.118. The molecule has 3 saturated heterocycles. The van der Waals surface area contributed by atoms with Gasteiger partial charge in [0, 0.05) is 61.9 Å². The van der Waals surface area contributed by atoms with E-state index in [1.54, 1.807) is 24.5 Å². The minimum absolute atomic E-state index is 0.108. The number of halogens is 1. The van der Waals surface area contributed by atoms with Crippen molar-refractivity contribution in [2.24, 2.45) is 0 Å². The molecule has 198 valence electrons. The number of hydrogen-bond donors (Lipinski definition) is 2. The molecule has 2 aromatic heterocycles. The molecule has 11 heteroatoms. The van der Waals surface area contributed by atoms with E-state index < -0.39 is 0 Å². The maximum atomic E-state index is 15.0. The van der Waals surface area contributed by atoms with Crippen LogP contribution < -0.4 is 15.5 Å². The average molecular weight is 519 g/mol. The Kier molecular flexibility index (Phi) is 6.88. The summed E-state index contributed by atoms with van der Waals surface area (Å²) in [5, 5.41) is 5.94. The van der Waals surface area contributed by atoms with Crippen LogP contribution >= 0.6 is 0 Å². The third-order valence-corrected chi connectivity index (χ3v) is 7.48. The predicted octanol–water partition coefficient (Wildman–Crippen LogP) is 2.58. The van der Waals surface area contributed by atoms with E-state index in [1.807, 2.05) is 18.2 Å². The Hall–Kier alpha value is -3.67. The smallest absolute Gasteiger partial charge is 0.239 e. The Labute approximate surface area is 220 Å². The van der Waals surface area contributed by atoms with Gasteiger partial charge in [0.1, 0.15) is 11.6 Å². The summed E-state index contributed by atoms with van der Waals surface area (Å²) in [4.78, 5) is 32.1. The van der Waals surface area contributed by atoms with E-state index in [-0.39, 0.29) is 11.7 Å². The fourth-order valence-corrected chi connectivity index (χ4v) is 5.45. The monoisotopic (exact) mass is 518 g/mol. The van der Waals surface area contributed by atoms with Gasteiger partial charge in [-0.15, -0.1) is 0 Å². The lowest BCUT2D eigenvalue weighted by Crippen LogP contribution is -2.44. The first-order valence-corrected chi connectivity index (χ1v) is 12.9. The predicted molar refractivity (Wildman–Crippen MR) is 143 cm³/mol. The maximum absolute atomic E-state index is 15.0. The van der Waals surface area contributed by atoms with Crippen molar-refractivity contribution in [3.8, 4) is 11.3 Å². The molecule has 0 aliphatic carbocycles. The van der Waals surface area contributed by atoms with Gasteiger partial charge in [0.25, 0.3) is 0 Å². The number of amides is 1. The number of rotatable bonds is 7. The number of fused-ring (bicyclic) bond motifs is 2. The Morgan fingerprint density at radius 3 is 2.68 bits per heavy atom. The summed E-state index contributed by atoms with van der Waals surface area (Å²) < 4.78 is 20.4. The molecule has 2 N–H and O–H groups in total. The first kappa shape index (κ1) is 24.7. The Morgan fingerprint density at radius 2 is 1.97 bits per heavy atom. The number of likely N-dealkylation sites (tertiary alicyclic amines) is 1. The number of ether oxygens (including phenoxy) is 1. The molecule has 0 spiro atoms. The highest BCUT2D eigenvalue weighted by Gasteiger charge is 2.42. The zero-order chi connectivity index (χ0) is 26.1. The van der Waals surface area contributed by atoms with Crippen LogP contribution in [0.5, 0.6) is 0 Å². The number of anilines is 4. The summed E-state index contributed by atoms with van der Waals surface area (Å²) in [6.07, 6.45) is 4.39. The highest BCUT2D eigenvalue weighted by atomic mass is 19.1. The topological polar surface area (TPSA) is 98.8 Å². The number of carbonyl (C=O) groups is 1. The lowest BCUT2D eigenvalue weighted by Gasteiger charge is -2.33. The van der Waals surface area contributed by atoms with Gasteiger partial charge >= 0.3 is 0 Å². The molecule has 1 aromatic carbocycles. The van der Waals surface area contributed by atoms with Crippen molar-refractivity contribution in [3.05, 3.63) is 54.6 Å². The van der Waals surface area contributed by atoms with E-state index >= 15 is 4.39 Å². The van der Waals surface area contributed by atoms with E-state index in [0.717, 1.165) is 38.2 Å². The second-order valence-corrected chi connectivity index (χ2v) is 10.1. The molecule has 3 fully saturated rings. The number of pyridine rings is 1. The molecule has 0 unspecified atom stereocenters. The largest absolute Gasteiger partial charge is 0.379 e. The van der Waals surface area contributed by atoms with Crippen LogP contribution in [0.1, 0.15) is 6.42 Å². The molecule has 10 nitrogen and oxygen atoms in total. The molecule has 38 heavy (non-hydrogen) atoms. The molecule has 1 amide bonds. The Morgan fingerprint density at radius 1 is 1.11 bits per heavy atom. The van der Waals surface area contributed by atoms with E-state index in [9.17, 15) is 4.79 Å². The summed E-state index contributed by atoms with van der Waals surface area (Å²) in [7, 11) is 2.13. The minimum Gasteiger partial charge on any atom is -0.379 e. The first-order chi connectivity index (χ1) is 18.5. The normalized spacial score (nSPS) is 21.6. The summed E-state index contributed by atoms with van der Waals surface area (Å²) in [6.45, 7) is 4.94. The number of piperazine rings is 1. The zero-order valence-corrected chi connectivity index (χ0v) is 21.3. The number of morpholine rings is 1. The molecule has 5 heterocycles. The Balaban J connectivity index is 1.08. The van der Waals surface area contributed by atoms with E-state index in [2.05, 4.69) is 47.3 Å². The number of likely N-dealkylation sites (N-methyl/N-ethyl adjacent to an activating group) is 1. The number of aromatic nitrogens is 3. The van der Waals surface area contributed by atoms with Crippen LogP contribution in [0.3, 0.4) is 0 Å². The van der Waals surface area contributed by atoms with Crippen molar-refractivity contribution in [1.82, 2.24) is 24.8 Å². The van der Waals surface area contributed by atoms with E-state index in [0.29, 0.717) is 60.7 Å². The van der Waals surface area contributed by atoms with Gasteiger partial charge in [-0.2, -0.15) is 0 Å². The second-order valence-electron chi connectivity index (χ2n) is 10.1. The number of hydrogen-bond acceptors (Lipinski definition) is 9. The maximum Gasteiger partial charge on any atom is 0.239 e. The van der Waals surface area contributed by atoms with Crippen molar-refractivity contribution in [2.45, 2.75) is 18.5 Å². The third kappa shape index (κ3) is 5.31. The number of benzene rings is 1. The van der Waals surface area contributed by atoms with Gasteiger partial charge in [-0.3, -0.25) is 14.6 Å². The molecule has 2 atom stereocenters. The minimum atomic E-state index is -0.253. The summed E-state index contributed by atoms with van der Waals surface area (Å²) in [5.41, 5.74) is 2.67. The van der Waals surface area contributed by atoms with Crippen LogP contribution in [0.15, 0.2) is 48.8 Å². The van der Waals surface area contributed by atoms with Crippen molar-refractivity contribution < 1.29 is 13.9 Å². The van der Waals surface area contributed by atoms with Crippen LogP contribution in [0.4, 0.5) is 27.5 Å². The van der Waals surface area contributed by atoms with Gasteiger partial charge in [-0.05, 0) is 49.9 Å². The van der Waals surface area contributed by atoms with E-state index in [1.165, 1.54) is 6.07 Å². The van der Waals surface area contributed by atoms with Gasteiger partial charge in [0.2, 0.25) is 11.9 Å². The van der Waals surface area contributed by atoms with Crippen LogP contribution in [0.2, 0.25) is 0 Å². The second kappa shape index (κ2) is 10.6. The fraction of sp³-hybridized carbons (Fsp3) is 0.407. The third-order valence-electron chi connectivity index (χ3n) is 7.48.